The molecule has 0 bridgehead atoms. The second-order valence-electron chi connectivity index (χ2n) is 8.14. The lowest BCUT2D eigenvalue weighted by atomic mass is 9.98. The Balaban J connectivity index is 1.71. The molecule has 5 rings (SSSR count). The fourth-order valence-corrected chi connectivity index (χ4v) is 5.59. The lowest BCUT2D eigenvalue weighted by Crippen LogP contribution is -2.03. The van der Waals surface area contributed by atoms with Crippen LogP contribution in [0.4, 0.5) is 5.69 Å². The van der Waals surface area contributed by atoms with Gasteiger partial charge in [0.1, 0.15) is 0 Å². The van der Waals surface area contributed by atoms with Gasteiger partial charge < -0.3 is 10.3 Å². The first kappa shape index (κ1) is 21.0. The molecule has 2 heterocycles. The maximum absolute atomic E-state index is 12.9. The van der Waals surface area contributed by atoms with E-state index < -0.39 is 9.84 Å². The van der Waals surface area contributed by atoms with E-state index >= 15 is 0 Å². The van der Waals surface area contributed by atoms with Crippen molar-refractivity contribution in [2.45, 2.75) is 11.8 Å². The number of carbonyl (C=O) groups excluding carboxylic acids is 1. The molecule has 1 amide bonds. The fraction of sp³-hybridized carbons (Fsp3) is 0.0741. The Morgan fingerprint density at radius 1 is 0.818 bits per heavy atom. The Bertz CT molecular complexity index is 1520. The maximum atomic E-state index is 12.9. The summed E-state index contributed by atoms with van der Waals surface area (Å²) in [5, 5.41) is 2.92. The Morgan fingerprint density at radius 3 is 2.09 bits per heavy atom. The molecule has 4 aromatic rings. The molecule has 0 fully saturated rings. The van der Waals surface area contributed by atoms with Crippen LogP contribution in [0.1, 0.15) is 17.0 Å². The van der Waals surface area contributed by atoms with Crippen LogP contribution < -0.4 is 5.32 Å². The van der Waals surface area contributed by atoms with Crippen LogP contribution in [-0.4, -0.2) is 25.6 Å². The summed E-state index contributed by atoms with van der Waals surface area (Å²) in [6.07, 6.45) is 2.95. The average Bonchev–Trinajstić information content (AvgIpc) is 3.30. The van der Waals surface area contributed by atoms with Crippen molar-refractivity contribution in [3.8, 4) is 22.3 Å². The van der Waals surface area contributed by atoms with E-state index in [-0.39, 0.29) is 10.8 Å². The number of nitrogens with one attached hydrogen (secondary N) is 2. The molecule has 0 unspecified atom stereocenters. The third-order valence-corrected chi connectivity index (χ3v) is 7.04. The first-order chi connectivity index (χ1) is 15.8. The van der Waals surface area contributed by atoms with Crippen molar-refractivity contribution < 1.29 is 13.2 Å². The van der Waals surface area contributed by atoms with Crippen molar-refractivity contribution in [2.75, 3.05) is 11.6 Å². The molecule has 0 spiro atoms. The number of hydrogen-bond donors (Lipinski definition) is 2. The summed E-state index contributed by atoms with van der Waals surface area (Å²) < 4.78 is 25.3. The monoisotopic (exact) mass is 454 g/mol. The largest absolute Gasteiger partial charge is 0.357 e. The minimum absolute atomic E-state index is 0.220. The topological polar surface area (TPSA) is 79.0 Å². The predicted octanol–water partition coefficient (Wildman–Crippen LogP) is 5.55. The zero-order valence-electron chi connectivity index (χ0n) is 18.2. The van der Waals surface area contributed by atoms with Gasteiger partial charge in [0.15, 0.2) is 9.84 Å². The van der Waals surface area contributed by atoms with Gasteiger partial charge in [-0.1, -0.05) is 66.7 Å². The smallest absolute Gasteiger partial charge is 0.256 e. The molecule has 0 radical (unpaired) electrons. The number of carbonyl (C=O) groups is 1. The van der Waals surface area contributed by atoms with E-state index in [1.165, 1.54) is 6.26 Å². The minimum Gasteiger partial charge on any atom is -0.357 e. The molecule has 33 heavy (non-hydrogen) atoms. The Kier molecular flexibility index (Phi) is 5.02. The number of amides is 1. The molecule has 0 saturated carbocycles. The average molecular weight is 455 g/mol. The van der Waals surface area contributed by atoms with Crippen molar-refractivity contribution in [1.29, 1.82) is 0 Å². The number of aryl methyl sites for hydroxylation is 1. The number of anilines is 1. The summed E-state index contributed by atoms with van der Waals surface area (Å²) in [6, 6.07) is 25.2. The highest BCUT2D eigenvalue weighted by Crippen LogP contribution is 2.39. The molecular weight excluding hydrogens is 432 g/mol. The number of sulfone groups is 1. The molecular formula is C27H22N2O3S. The normalized spacial score (nSPS) is 14.4. The third-order valence-electron chi connectivity index (χ3n) is 5.79. The van der Waals surface area contributed by atoms with Crippen molar-refractivity contribution in [3.63, 3.8) is 0 Å². The van der Waals surface area contributed by atoms with Gasteiger partial charge in [0.05, 0.1) is 10.5 Å². The van der Waals surface area contributed by atoms with Gasteiger partial charge in [-0.2, -0.15) is 0 Å². The molecule has 1 aliphatic heterocycles. The summed E-state index contributed by atoms with van der Waals surface area (Å²) in [5.41, 5.74) is 6.53. The van der Waals surface area contributed by atoms with E-state index in [0.717, 1.165) is 27.9 Å². The molecule has 0 aliphatic carbocycles. The number of aromatic nitrogens is 1. The van der Waals surface area contributed by atoms with Gasteiger partial charge in [-0.25, -0.2) is 8.42 Å². The number of fused-ring (bicyclic) bond motifs is 1. The van der Waals surface area contributed by atoms with Crippen LogP contribution in [0.5, 0.6) is 0 Å². The van der Waals surface area contributed by atoms with E-state index in [4.69, 9.17) is 0 Å². The summed E-state index contributed by atoms with van der Waals surface area (Å²) in [4.78, 5) is 16.4. The predicted molar refractivity (Wildman–Crippen MR) is 132 cm³/mol. The van der Waals surface area contributed by atoms with Crippen LogP contribution in [0.15, 0.2) is 83.8 Å². The van der Waals surface area contributed by atoms with Crippen LogP contribution in [0.25, 0.3) is 33.9 Å². The van der Waals surface area contributed by atoms with Gasteiger partial charge in [0.25, 0.3) is 5.91 Å². The Hall–Kier alpha value is -3.90. The first-order valence-electron chi connectivity index (χ1n) is 10.5. The van der Waals surface area contributed by atoms with Crippen LogP contribution in [-0.2, 0) is 14.6 Å². The number of aromatic amines is 1. The molecule has 164 valence electrons. The quantitative estimate of drug-likeness (QED) is 0.397. The summed E-state index contributed by atoms with van der Waals surface area (Å²) >= 11 is 0. The minimum atomic E-state index is -3.50. The van der Waals surface area contributed by atoms with Crippen LogP contribution in [0.2, 0.25) is 0 Å². The molecule has 2 N–H and O–H groups in total. The zero-order valence-corrected chi connectivity index (χ0v) is 19.0. The molecule has 3 aromatic carbocycles. The zero-order chi connectivity index (χ0) is 23.2. The van der Waals surface area contributed by atoms with Crippen molar-refractivity contribution in [2.24, 2.45) is 0 Å². The van der Waals surface area contributed by atoms with Crippen molar-refractivity contribution in [3.05, 3.63) is 95.8 Å². The number of hydrogen-bond acceptors (Lipinski definition) is 3. The highest BCUT2D eigenvalue weighted by atomic mass is 32.2. The van der Waals surface area contributed by atoms with Gasteiger partial charge in [-0.15, -0.1) is 0 Å². The van der Waals surface area contributed by atoms with Gasteiger partial charge in [0, 0.05) is 34.5 Å². The lowest BCUT2D eigenvalue weighted by molar-refractivity contribution is -0.110. The number of H-pyrrole nitrogens is 1. The highest BCUT2D eigenvalue weighted by Gasteiger charge is 2.28. The summed E-state index contributed by atoms with van der Waals surface area (Å²) in [5.74, 6) is -0.220. The van der Waals surface area contributed by atoms with E-state index in [2.05, 4.69) is 10.3 Å². The van der Waals surface area contributed by atoms with Gasteiger partial charge in [-0.05, 0) is 41.8 Å². The van der Waals surface area contributed by atoms with Gasteiger partial charge in [-0.3, -0.25) is 4.79 Å². The Labute approximate surface area is 192 Å². The molecule has 6 heteroatoms. The Morgan fingerprint density at radius 2 is 1.45 bits per heavy atom. The van der Waals surface area contributed by atoms with E-state index in [0.29, 0.717) is 22.5 Å². The summed E-state index contributed by atoms with van der Waals surface area (Å²) in [7, 11) is -3.50. The molecule has 1 aliphatic rings. The van der Waals surface area contributed by atoms with Crippen molar-refractivity contribution in [1.82, 2.24) is 4.98 Å². The maximum Gasteiger partial charge on any atom is 0.256 e. The van der Waals surface area contributed by atoms with Crippen LogP contribution in [0.3, 0.4) is 0 Å². The molecule has 5 nitrogen and oxygen atoms in total. The van der Waals surface area contributed by atoms with Crippen LogP contribution >= 0.6 is 0 Å². The standard InChI is InChI=1S/C27H22N2O3S/c1-17-26(33(2,31)32)25(19-11-7-4-8-12-19)24(28-17)16-22-21-15-20(18-9-5-3-6-10-18)13-14-23(21)29-27(22)30/h3-16,28H,1-2H3,(H,29,30)/b22-16-. The summed E-state index contributed by atoms with van der Waals surface area (Å²) in [6.45, 7) is 1.74. The van der Waals surface area contributed by atoms with Crippen LogP contribution in [0, 0.1) is 6.92 Å². The number of rotatable bonds is 4. The van der Waals surface area contributed by atoms with E-state index in [9.17, 15) is 13.2 Å². The first-order valence-corrected chi connectivity index (χ1v) is 12.4. The van der Waals surface area contributed by atoms with E-state index in [1.807, 2.05) is 78.9 Å². The third kappa shape index (κ3) is 3.79. The lowest BCUT2D eigenvalue weighted by Gasteiger charge is -2.07. The van der Waals surface area contributed by atoms with Gasteiger partial charge >= 0.3 is 0 Å². The molecule has 1 aromatic heterocycles. The SMILES string of the molecule is Cc1[nH]c(/C=C2\C(=O)Nc3ccc(-c4ccccc4)cc32)c(-c2ccccc2)c1S(C)(=O)=O. The highest BCUT2D eigenvalue weighted by molar-refractivity contribution is 7.91. The second-order valence-corrected chi connectivity index (χ2v) is 10.1. The number of benzene rings is 3. The van der Waals surface area contributed by atoms with Crippen molar-refractivity contribution >= 4 is 33.1 Å². The van der Waals surface area contributed by atoms with Gasteiger partial charge in [0.2, 0.25) is 0 Å². The fourth-order valence-electron chi connectivity index (χ4n) is 4.38. The van der Waals surface area contributed by atoms with E-state index in [1.54, 1.807) is 13.0 Å². The molecule has 0 atom stereocenters. The second kappa shape index (κ2) is 7.90. The molecule has 0 saturated heterocycles.